The molecule has 0 saturated carbocycles. The van der Waals surface area contributed by atoms with Crippen LogP contribution >= 0.6 is 23.2 Å². The van der Waals surface area contributed by atoms with E-state index in [2.05, 4.69) is 10.2 Å². The Labute approximate surface area is 126 Å². The Morgan fingerprint density at radius 2 is 1.85 bits per heavy atom. The van der Waals surface area contributed by atoms with Gasteiger partial charge in [-0.2, -0.15) is 4.80 Å². The Balaban J connectivity index is 2.12. The Kier molecular flexibility index (Phi) is 2.81. The van der Waals surface area contributed by atoms with Gasteiger partial charge in [-0.15, -0.1) is 10.2 Å². The van der Waals surface area contributed by atoms with E-state index >= 15 is 0 Å². The lowest BCUT2D eigenvalue weighted by atomic mass is 10.0. The molecule has 0 N–H and O–H groups in total. The van der Waals surface area contributed by atoms with Crippen molar-refractivity contribution in [1.82, 2.24) is 19.9 Å². The number of carbonyl (C=O) groups is 1. The van der Waals surface area contributed by atoms with Crippen LogP contribution in [-0.2, 0) is 5.54 Å². The molecule has 0 fully saturated rings. The van der Waals surface area contributed by atoms with Gasteiger partial charge >= 0.3 is 0 Å². The second-order valence-corrected chi connectivity index (χ2v) is 6.02. The largest absolute Gasteiger partial charge is 0.329 e. The van der Waals surface area contributed by atoms with Gasteiger partial charge in [0.25, 0.3) is 5.91 Å². The third-order valence-corrected chi connectivity index (χ3v) is 4.41. The fourth-order valence-corrected chi connectivity index (χ4v) is 2.45. The number of amides is 1. The smallest absolute Gasteiger partial charge is 0.276 e. The summed E-state index contributed by atoms with van der Waals surface area (Å²) in [5, 5.41) is 9.58. The lowest BCUT2D eigenvalue weighted by Crippen LogP contribution is -2.36. The number of rotatable bonds is 1. The van der Waals surface area contributed by atoms with Crippen LogP contribution in [0.2, 0.25) is 10.0 Å². The first-order chi connectivity index (χ1) is 9.32. The average Bonchev–Trinajstić information content (AvgIpc) is 2.90. The number of hydrogen-bond donors (Lipinski definition) is 0. The van der Waals surface area contributed by atoms with Crippen LogP contribution in [-0.4, -0.2) is 32.8 Å². The lowest BCUT2D eigenvalue weighted by molar-refractivity contribution is 0.0678. The molecule has 0 saturated heterocycles. The van der Waals surface area contributed by atoms with E-state index in [9.17, 15) is 4.79 Å². The van der Waals surface area contributed by atoms with Gasteiger partial charge in [-0.3, -0.25) is 4.79 Å². The van der Waals surface area contributed by atoms with Crippen molar-refractivity contribution in [3.8, 4) is 5.69 Å². The topological polar surface area (TPSA) is 51.0 Å². The quantitative estimate of drug-likeness (QED) is 0.813. The Hall–Kier alpha value is -1.59. The van der Waals surface area contributed by atoms with E-state index in [4.69, 9.17) is 23.2 Å². The lowest BCUT2D eigenvalue weighted by Gasteiger charge is -2.27. The number of nitrogens with zero attached hydrogens (tertiary/aromatic N) is 4. The second-order valence-electron chi connectivity index (χ2n) is 5.21. The predicted octanol–water partition coefficient (Wildman–Crippen LogP) is 2.89. The zero-order valence-corrected chi connectivity index (χ0v) is 12.7. The van der Waals surface area contributed by atoms with Gasteiger partial charge in [0, 0.05) is 7.05 Å². The molecule has 1 aromatic heterocycles. The van der Waals surface area contributed by atoms with Gasteiger partial charge < -0.3 is 4.90 Å². The maximum Gasteiger partial charge on any atom is 0.276 e. The minimum Gasteiger partial charge on any atom is -0.329 e. The molecule has 0 atom stereocenters. The molecule has 1 aliphatic rings. The molecule has 0 unspecified atom stereocenters. The van der Waals surface area contributed by atoms with E-state index in [0.717, 1.165) is 0 Å². The molecule has 2 aromatic rings. The Bertz CT molecular complexity index is 723. The van der Waals surface area contributed by atoms with Crippen LogP contribution in [0.4, 0.5) is 0 Å². The predicted molar refractivity (Wildman–Crippen MR) is 76.5 cm³/mol. The highest BCUT2D eigenvalue weighted by Crippen LogP contribution is 2.35. The van der Waals surface area contributed by atoms with Crippen LogP contribution in [0.3, 0.4) is 0 Å². The van der Waals surface area contributed by atoms with Crippen molar-refractivity contribution in [2.24, 2.45) is 0 Å². The number of halogens is 2. The summed E-state index contributed by atoms with van der Waals surface area (Å²) in [5.41, 5.74) is 1.24. The van der Waals surface area contributed by atoms with Gasteiger partial charge in [-0.1, -0.05) is 23.2 Å². The van der Waals surface area contributed by atoms with Crippen LogP contribution in [0.25, 0.3) is 5.69 Å². The average molecular weight is 311 g/mol. The molecule has 0 aliphatic carbocycles. The fourth-order valence-electron chi connectivity index (χ4n) is 2.16. The summed E-state index contributed by atoms with van der Waals surface area (Å²) >= 11 is 11.9. The summed E-state index contributed by atoms with van der Waals surface area (Å²) in [6, 6.07) is 5.09. The number of fused-ring (bicyclic) bond motifs is 1. The number of benzene rings is 1. The normalized spacial score (nSPS) is 16.6. The van der Waals surface area contributed by atoms with Crippen LogP contribution in [0.15, 0.2) is 18.2 Å². The molecule has 1 aromatic carbocycles. The molecule has 0 radical (unpaired) electrons. The number of carbonyl (C=O) groups excluding carboxylic acids is 1. The van der Waals surface area contributed by atoms with Gasteiger partial charge in [0.2, 0.25) is 0 Å². The van der Waals surface area contributed by atoms with E-state index in [1.807, 2.05) is 13.8 Å². The van der Waals surface area contributed by atoms with Crippen molar-refractivity contribution in [1.29, 1.82) is 0 Å². The van der Waals surface area contributed by atoms with Gasteiger partial charge in [-0.25, -0.2) is 0 Å². The molecular weight excluding hydrogens is 299 g/mol. The van der Waals surface area contributed by atoms with Gasteiger partial charge in [0.05, 0.1) is 21.3 Å². The second kappa shape index (κ2) is 4.20. The maximum atomic E-state index is 12.1. The third-order valence-electron chi connectivity index (χ3n) is 3.67. The van der Waals surface area contributed by atoms with Crippen molar-refractivity contribution in [2.75, 3.05) is 7.05 Å². The highest BCUT2D eigenvalue weighted by molar-refractivity contribution is 6.42. The summed E-state index contributed by atoms with van der Waals surface area (Å²) in [6.07, 6.45) is 0. The monoisotopic (exact) mass is 310 g/mol. The molecule has 0 bridgehead atoms. The molecule has 7 heteroatoms. The van der Waals surface area contributed by atoms with Crippen molar-refractivity contribution in [3.63, 3.8) is 0 Å². The first kappa shape index (κ1) is 13.4. The molecule has 3 rings (SSSR count). The van der Waals surface area contributed by atoms with Gasteiger partial charge in [0.1, 0.15) is 5.69 Å². The highest BCUT2D eigenvalue weighted by Gasteiger charge is 2.45. The SMILES string of the molecule is CN1C(=O)c2nn(-c3ccc(Cl)c(Cl)c3)nc2C1(C)C. The molecule has 2 heterocycles. The van der Waals surface area contributed by atoms with Crippen molar-refractivity contribution in [3.05, 3.63) is 39.6 Å². The maximum absolute atomic E-state index is 12.1. The summed E-state index contributed by atoms with van der Waals surface area (Å²) < 4.78 is 0. The third kappa shape index (κ3) is 1.73. The summed E-state index contributed by atoms with van der Waals surface area (Å²) in [5.74, 6) is -0.128. The minimum absolute atomic E-state index is 0.128. The number of aromatic nitrogens is 3. The van der Waals surface area contributed by atoms with Crippen LogP contribution in [0.5, 0.6) is 0 Å². The molecule has 104 valence electrons. The standard InChI is InChI=1S/C13H12Cl2N4O/c1-13(2)11-10(12(20)18(13)3)16-19(17-11)7-4-5-8(14)9(15)6-7/h4-6H,1-3H3. The van der Waals surface area contributed by atoms with Crippen LogP contribution in [0, 0.1) is 0 Å². The first-order valence-electron chi connectivity index (χ1n) is 6.04. The first-order valence-corrected chi connectivity index (χ1v) is 6.79. The molecule has 5 nitrogen and oxygen atoms in total. The van der Waals surface area contributed by atoms with Crippen molar-refractivity contribution >= 4 is 29.1 Å². The van der Waals surface area contributed by atoms with E-state index in [1.165, 1.54) is 4.80 Å². The fraction of sp³-hybridized carbons (Fsp3) is 0.308. The van der Waals surface area contributed by atoms with Crippen LogP contribution in [0.1, 0.15) is 30.0 Å². The van der Waals surface area contributed by atoms with Crippen molar-refractivity contribution in [2.45, 2.75) is 19.4 Å². The van der Waals surface area contributed by atoms with Crippen LogP contribution < -0.4 is 0 Å². The Morgan fingerprint density at radius 3 is 2.45 bits per heavy atom. The van der Waals surface area contributed by atoms with E-state index in [1.54, 1.807) is 30.1 Å². The zero-order chi connectivity index (χ0) is 14.7. The van der Waals surface area contributed by atoms with E-state index in [0.29, 0.717) is 27.1 Å². The Morgan fingerprint density at radius 1 is 1.15 bits per heavy atom. The molecule has 1 aliphatic heterocycles. The zero-order valence-electron chi connectivity index (χ0n) is 11.2. The van der Waals surface area contributed by atoms with E-state index < -0.39 is 5.54 Å². The van der Waals surface area contributed by atoms with Gasteiger partial charge in [0.15, 0.2) is 5.69 Å². The van der Waals surface area contributed by atoms with Gasteiger partial charge in [-0.05, 0) is 32.0 Å². The summed E-state index contributed by atoms with van der Waals surface area (Å²) in [7, 11) is 1.75. The molecule has 0 spiro atoms. The number of hydrogen-bond acceptors (Lipinski definition) is 3. The molecule has 1 amide bonds. The van der Waals surface area contributed by atoms with E-state index in [-0.39, 0.29) is 5.91 Å². The molecular formula is C13H12Cl2N4O. The van der Waals surface area contributed by atoms with Crippen molar-refractivity contribution < 1.29 is 4.79 Å². The summed E-state index contributed by atoms with van der Waals surface area (Å²) in [6.45, 7) is 3.87. The summed E-state index contributed by atoms with van der Waals surface area (Å²) in [4.78, 5) is 15.2. The minimum atomic E-state index is -0.471. The molecule has 20 heavy (non-hydrogen) atoms. The highest BCUT2D eigenvalue weighted by atomic mass is 35.5.